The molecule has 1 aliphatic heterocycles. The molecule has 1 rings (SSSR count). The molecule has 0 saturated carbocycles. The molecule has 0 aromatic rings. The van der Waals surface area contributed by atoms with Crippen molar-refractivity contribution >= 4 is 15.8 Å². The summed E-state index contributed by atoms with van der Waals surface area (Å²) in [4.78, 5) is 12.8. The number of sulfone groups is 1. The fourth-order valence-electron chi connectivity index (χ4n) is 2.13. The molecule has 1 N–H and O–H groups in total. The van der Waals surface area contributed by atoms with Gasteiger partial charge in [-0.2, -0.15) is 0 Å². The average molecular weight is 263 g/mol. The zero-order chi connectivity index (χ0) is 13.3. The first-order valence-corrected chi connectivity index (χ1v) is 7.57. The summed E-state index contributed by atoms with van der Waals surface area (Å²) in [6.45, 7) is 7.35. The van der Waals surface area contributed by atoms with E-state index in [9.17, 15) is 13.2 Å². The quantitative estimate of drug-likeness (QED) is 0.807. The van der Waals surface area contributed by atoms with Gasteiger partial charge in [0.05, 0.1) is 17.9 Å². The number of nitrogens with zero attached hydrogens (tertiary/aromatic N) is 1. The molecule has 17 heavy (non-hydrogen) atoms. The summed E-state index contributed by atoms with van der Waals surface area (Å²) in [5.41, 5.74) is 0.0395. The van der Waals surface area contributed by atoms with Crippen molar-refractivity contribution in [2.24, 2.45) is 5.41 Å². The van der Waals surface area contributed by atoms with Crippen LogP contribution in [-0.4, -0.2) is 55.0 Å². The minimum Gasteiger partial charge on any atom is -0.481 e. The fraction of sp³-hybridized carbons (Fsp3) is 0.909. The molecule has 0 amide bonds. The lowest BCUT2D eigenvalue weighted by Gasteiger charge is -2.38. The summed E-state index contributed by atoms with van der Waals surface area (Å²) in [5.74, 6) is -0.833. The van der Waals surface area contributed by atoms with Gasteiger partial charge in [-0.05, 0) is 5.41 Å². The summed E-state index contributed by atoms with van der Waals surface area (Å²) in [6, 6.07) is -0.384. The fourth-order valence-corrected chi connectivity index (χ4v) is 3.72. The third kappa shape index (κ3) is 5.04. The molecule has 0 radical (unpaired) electrons. The Morgan fingerprint density at radius 3 is 2.47 bits per heavy atom. The van der Waals surface area contributed by atoms with Crippen molar-refractivity contribution in [1.82, 2.24) is 4.90 Å². The molecule has 0 aromatic heterocycles. The van der Waals surface area contributed by atoms with Gasteiger partial charge >= 0.3 is 5.97 Å². The van der Waals surface area contributed by atoms with Gasteiger partial charge in [-0.25, -0.2) is 8.42 Å². The topological polar surface area (TPSA) is 74.7 Å². The molecule has 5 nitrogen and oxygen atoms in total. The average Bonchev–Trinajstić information content (AvgIpc) is 2.06. The molecule has 1 atom stereocenters. The highest BCUT2D eigenvalue weighted by molar-refractivity contribution is 7.91. The largest absolute Gasteiger partial charge is 0.481 e. The normalized spacial score (nSPS) is 25.7. The first kappa shape index (κ1) is 14.4. The van der Waals surface area contributed by atoms with E-state index < -0.39 is 15.8 Å². The van der Waals surface area contributed by atoms with Crippen LogP contribution in [0, 0.1) is 5.41 Å². The molecule has 1 heterocycles. The van der Waals surface area contributed by atoms with Crippen LogP contribution in [0.5, 0.6) is 0 Å². The summed E-state index contributed by atoms with van der Waals surface area (Å²) >= 11 is 0. The van der Waals surface area contributed by atoms with Crippen LogP contribution in [-0.2, 0) is 14.6 Å². The predicted molar refractivity (Wildman–Crippen MR) is 65.7 cm³/mol. The van der Waals surface area contributed by atoms with Crippen molar-refractivity contribution in [2.75, 3.05) is 24.6 Å². The molecule has 100 valence electrons. The molecular weight excluding hydrogens is 242 g/mol. The van der Waals surface area contributed by atoms with E-state index in [1.54, 1.807) is 0 Å². The van der Waals surface area contributed by atoms with E-state index in [-0.39, 0.29) is 29.4 Å². The number of carboxylic acids is 1. The van der Waals surface area contributed by atoms with Gasteiger partial charge < -0.3 is 5.11 Å². The van der Waals surface area contributed by atoms with Gasteiger partial charge in [0.15, 0.2) is 9.84 Å². The zero-order valence-electron chi connectivity index (χ0n) is 10.6. The highest BCUT2D eigenvalue weighted by Gasteiger charge is 2.34. The lowest BCUT2D eigenvalue weighted by Crippen LogP contribution is -2.51. The number of carbonyl (C=O) groups is 1. The van der Waals surface area contributed by atoms with E-state index in [0.717, 1.165) is 6.54 Å². The molecule has 1 fully saturated rings. The van der Waals surface area contributed by atoms with E-state index in [4.69, 9.17) is 5.11 Å². The SMILES string of the molecule is CC(C)(C)CN1CCS(=O)(=O)CC1CC(=O)O. The van der Waals surface area contributed by atoms with Gasteiger partial charge in [0.2, 0.25) is 0 Å². The van der Waals surface area contributed by atoms with Gasteiger partial charge in [0, 0.05) is 19.1 Å². The van der Waals surface area contributed by atoms with Crippen LogP contribution in [0.4, 0.5) is 0 Å². The van der Waals surface area contributed by atoms with Gasteiger partial charge in [-0.3, -0.25) is 9.69 Å². The van der Waals surface area contributed by atoms with Crippen LogP contribution in [0.2, 0.25) is 0 Å². The maximum atomic E-state index is 11.5. The van der Waals surface area contributed by atoms with Gasteiger partial charge in [0.1, 0.15) is 0 Å². The molecule has 1 unspecified atom stereocenters. The Bertz CT molecular complexity index is 383. The summed E-state index contributed by atoms with van der Waals surface area (Å²) in [6.07, 6.45) is -0.102. The zero-order valence-corrected chi connectivity index (χ0v) is 11.5. The molecule has 0 bridgehead atoms. The minimum absolute atomic E-state index is 0.0324. The summed E-state index contributed by atoms with van der Waals surface area (Å²) in [7, 11) is -3.07. The number of hydrogen-bond donors (Lipinski definition) is 1. The Balaban J connectivity index is 2.77. The monoisotopic (exact) mass is 263 g/mol. The molecule has 0 aliphatic carbocycles. The number of rotatable bonds is 3. The van der Waals surface area contributed by atoms with E-state index in [2.05, 4.69) is 20.8 Å². The van der Waals surface area contributed by atoms with Crippen LogP contribution in [0.3, 0.4) is 0 Å². The highest BCUT2D eigenvalue weighted by Crippen LogP contribution is 2.22. The van der Waals surface area contributed by atoms with Crippen LogP contribution < -0.4 is 0 Å². The standard InChI is InChI=1S/C11H21NO4S/c1-11(2,3)8-12-4-5-17(15,16)7-9(12)6-10(13)14/h9H,4-8H2,1-3H3,(H,13,14). The molecular formula is C11H21NO4S. The van der Waals surface area contributed by atoms with Gasteiger partial charge in [-0.1, -0.05) is 20.8 Å². The second-order valence-corrected chi connectivity index (χ2v) is 8.13. The van der Waals surface area contributed by atoms with E-state index >= 15 is 0 Å². The smallest absolute Gasteiger partial charge is 0.304 e. The van der Waals surface area contributed by atoms with Crippen molar-refractivity contribution in [1.29, 1.82) is 0 Å². The lowest BCUT2D eigenvalue weighted by molar-refractivity contribution is -0.138. The number of aliphatic carboxylic acids is 1. The van der Waals surface area contributed by atoms with E-state index in [1.807, 2.05) is 4.90 Å². The van der Waals surface area contributed by atoms with Crippen molar-refractivity contribution in [2.45, 2.75) is 33.2 Å². The second-order valence-electron chi connectivity index (χ2n) is 5.90. The molecule has 1 aliphatic rings. The van der Waals surface area contributed by atoms with Crippen molar-refractivity contribution in [3.63, 3.8) is 0 Å². The minimum atomic E-state index is -3.07. The highest BCUT2D eigenvalue weighted by atomic mass is 32.2. The Morgan fingerprint density at radius 2 is 2.00 bits per heavy atom. The van der Waals surface area contributed by atoms with Crippen LogP contribution in [0.1, 0.15) is 27.2 Å². The summed E-state index contributed by atoms with van der Waals surface area (Å²) < 4.78 is 23.1. The number of carboxylic acid groups (broad SMARTS) is 1. The van der Waals surface area contributed by atoms with Crippen molar-refractivity contribution in [3.8, 4) is 0 Å². The Kier molecular flexibility index (Phi) is 4.19. The molecule has 6 heteroatoms. The predicted octanol–water partition coefficient (Wildman–Crippen LogP) is 0.606. The van der Waals surface area contributed by atoms with Crippen molar-refractivity contribution < 1.29 is 18.3 Å². The van der Waals surface area contributed by atoms with Crippen LogP contribution in [0.25, 0.3) is 0 Å². The first-order chi connectivity index (χ1) is 7.59. The van der Waals surface area contributed by atoms with E-state index in [1.165, 1.54) is 0 Å². The second kappa shape index (κ2) is 4.94. The van der Waals surface area contributed by atoms with E-state index in [0.29, 0.717) is 6.54 Å². The number of hydrogen-bond acceptors (Lipinski definition) is 4. The molecule has 0 aromatic carbocycles. The van der Waals surface area contributed by atoms with Crippen LogP contribution in [0.15, 0.2) is 0 Å². The molecule has 0 spiro atoms. The van der Waals surface area contributed by atoms with Crippen LogP contribution >= 0.6 is 0 Å². The van der Waals surface area contributed by atoms with Gasteiger partial charge in [0.25, 0.3) is 0 Å². The third-order valence-electron chi connectivity index (χ3n) is 2.74. The Hall–Kier alpha value is -0.620. The maximum absolute atomic E-state index is 11.5. The third-order valence-corrected chi connectivity index (χ3v) is 4.44. The van der Waals surface area contributed by atoms with Gasteiger partial charge in [-0.15, -0.1) is 0 Å². The maximum Gasteiger partial charge on any atom is 0.304 e. The Labute approximate surface area is 103 Å². The van der Waals surface area contributed by atoms with Crippen molar-refractivity contribution in [3.05, 3.63) is 0 Å². The first-order valence-electron chi connectivity index (χ1n) is 5.75. The Morgan fingerprint density at radius 1 is 1.41 bits per heavy atom. The lowest BCUT2D eigenvalue weighted by atomic mass is 9.95. The molecule has 1 saturated heterocycles. The summed E-state index contributed by atoms with van der Waals surface area (Å²) in [5, 5.41) is 8.83.